The zero-order valence-corrected chi connectivity index (χ0v) is 21.9. The van der Waals surface area contributed by atoms with Crippen molar-refractivity contribution < 1.29 is 14.3 Å². The van der Waals surface area contributed by atoms with Gasteiger partial charge in [-0.05, 0) is 62.4 Å². The van der Waals surface area contributed by atoms with E-state index in [0.717, 1.165) is 54.0 Å². The van der Waals surface area contributed by atoms with Crippen molar-refractivity contribution in [3.8, 4) is 5.75 Å². The highest BCUT2D eigenvalue weighted by atomic mass is 35.5. The molecule has 3 aromatic rings. The molecule has 2 amide bonds. The molecule has 0 aliphatic carbocycles. The van der Waals surface area contributed by atoms with E-state index in [0.29, 0.717) is 22.1 Å². The van der Waals surface area contributed by atoms with E-state index in [1.54, 1.807) is 12.1 Å². The molecule has 36 heavy (non-hydrogen) atoms. The standard InChI is InChI=1S/C27H32ClN5O3/c1-17-14-25(33-11-9-32(3)10-12-33)30-22-6-5-19(15-20(17)22)29-26(34)7-8-27(35)31-23-13-18(2)21(28)16-24(23)36-4/h5-6,13-16H,7-12H2,1-4H3,(H,29,34)(H,31,35). The van der Waals surface area contributed by atoms with Gasteiger partial charge >= 0.3 is 0 Å². The van der Waals surface area contributed by atoms with Crippen LogP contribution in [0.3, 0.4) is 0 Å². The Morgan fingerprint density at radius 1 is 0.972 bits per heavy atom. The Bertz CT molecular complexity index is 1290. The number of piperazine rings is 1. The first kappa shape index (κ1) is 25.7. The van der Waals surface area contributed by atoms with Crippen LogP contribution in [0, 0.1) is 13.8 Å². The summed E-state index contributed by atoms with van der Waals surface area (Å²) in [4.78, 5) is 34.5. The molecule has 1 aliphatic rings. The summed E-state index contributed by atoms with van der Waals surface area (Å²) in [6.45, 7) is 7.87. The van der Waals surface area contributed by atoms with E-state index in [-0.39, 0.29) is 24.7 Å². The molecule has 4 rings (SSSR count). The molecule has 8 nitrogen and oxygen atoms in total. The third-order valence-electron chi connectivity index (χ3n) is 6.45. The maximum absolute atomic E-state index is 12.5. The van der Waals surface area contributed by atoms with Crippen molar-refractivity contribution in [2.24, 2.45) is 0 Å². The summed E-state index contributed by atoms with van der Waals surface area (Å²) in [6.07, 6.45) is 0.0948. The van der Waals surface area contributed by atoms with Crippen molar-refractivity contribution in [3.05, 3.63) is 52.5 Å². The first-order chi connectivity index (χ1) is 17.2. The van der Waals surface area contributed by atoms with E-state index in [4.69, 9.17) is 21.3 Å². The number of anilines is 3. The number of carbonyl (C=O) groups excluding carboxylic acids is 2. The lowest BCUT2D eigenvalue weighted by molar-refractivity contribution is -0.121. The molecule has 2 heterocycles. The second-order valence-corrected chi connectivity index (χ2v) is 9.62. The average Bonchev–Trinajstić information content (AvgIpc) is 2.85. The number of hydrogen-bond donors (Lipinski definition) is 2. The Hall–Kier alpha value is -3.36. The van der Waals surface area contributed by atoms with E-state index < -0.39 is 0 Å². The van der Waals surface area contributed by atoms with Gasteiger partial charge in [-0.3, -0.25) is 9.59 Å². The van der Waals surface area contributed by atoms with Crippen molar-refractivity contribution in [1.82, 2.24) is 9.88 Å². The molecular formula is C27H32ClN5O3. The van der Waals surface area contributed by atoms with Crippen LogP contribution < -0.4 is 20.3 Å². The highest BCUT2D eigenvalue weighted by Crippen LogP contribution is 2.31. The summed E-state index contributed by atoms with van der Waals surface area (Å²) in [7, 11) is 3.65. The van der Waals surface area contributed by atoms with Gasteiger partial charge in [0.2, 0.25) is 11.8 Å². The van der Waals surface area contributed by atoms with Crippen LogP contribution in [-0.2, 0) is 9.59 Å². The van der Waals surface area contributed by atoms with Crippen LogP contribution in [0.1, 0.15) is 24.0 Å². The van der Waals surface area contributed by atoms with Gasteiger partial charge < -0.3 is 25.2 Å². The molecule has 0 atom stereocenters. The van der Waals surface area contributed by atoms with Gasteiger partial charge in [-0.15, -0.1) is 0 Å². The van der Waals surface area contributed by atoms with Crippen LogP contribution in [0.5, 0.6) is 5.75 Å². The van der Waals surface area contributed by atoms with E-state index in [9.17, 15) is 9.59 Å². The number of rotatable bonds is 7. The zero-order valence-electron chi connectivity index (χ0n) is 21.2. The molecule has 0 saturated carbocycles. The molecule has 1 saturated heterocycles. The monoisotopic (exact) mass is 509 g/mol. The molecule has 2 aromatic carbocycles. The number of likely N-dealkylation sites (N-methyl/N-ethyl adjacent to an activating group) is 1. The maximum atomic E-state index is 12.5. The number of halogens is 1. The van der Waals surface area contributed by atoms with Gasteiger partial charge in [0.25, 0.3) is 0 Å². The number of fused-ring (bicyclic) bond motifs is 1. The van der Waals surface area contributed by atoms with Crippen LogP contribution in [0.4, 0.5) is 17.2 Å². The summed E-state index contributed by atoms with van der Waals surface area (Å²) in [5.74, 6) is 0.950. The minimum absolute atomic E-state index is 0.0409. The fourth-order valence-corrected chi connectivity index (χ4v) is 4.40. The lowest BCUT2D eigenvalue weighted by Crippen LogP contribution is -2.44. The van der Waals surface area contributed by atoms with E-state index >= 15 is 0 Å². The lowest BCUT2D eigenvalue weighted by Gasteiger charge is -2.33. The van der Waals surface area contributed by atoms with Crippen molar-refractivity contribution in [3.63, 3.8) is 0 Å². The zero-order chi connectivity index (χ0) is 25.8. The summed E-state index contributed by atoms with van der Waals surface area (Å²) in [5, 5.41) is 7.25. The fourth-order valence-electron chi connectivity index (χ4n) is 4.24. The summed E-state index contributed by atoms with van der Waals surface area (Å²) in [6, 6.07) is 11.2. The molecule has 0 spiro atoms. The molecular weight excluding hydrogens is 478 g/mol. The molecule has 0 unspecified atom stereocenters. The molecule has 0 bridgehead atoms. The van der Waals surface area contributed by atoms with Gasteiger partial charge in [-0.25, -0.2) is 4.98 Å². The van der Waals surface area contributed by atoms with Crippen LogP contribution >= 0.6 is 11.6 Å². The molecule has 9 heteroatoms. The number of ether oxygens (including phenoxy) is 1. The normalized spacial score (nSPS) is 14.1. The van der Waals surface area contributed by atoms with Gasteiger partial charge in [0.15, 0.2) is 0 Å². The SMILES string of the molecule is COc1cc(Cl)c(C)cc1NC(=O)CCC(=O)Nc1ccc2nc(N3CCN(C)CC3)cc(C)c2c1. The van der Waals surface area contributed by atoms with Crippen LogP contribution in [0.15, 0.2) is 36.4 Å². The number of carbonyl (C=O) groups is 2. The number of aromatic nitrogens is 1. The number of methoxy groups -OCH3 is 1. The Balaban J connectivity index is 1.36. The smallest absolute Gasteiger partial charge is 0.224 e. The number of amides is 2. The summed E-state index contributed by atoms with van der Waals surface area (Å²) >= 11 is 6.12. The summed E-state index contributed by atoms with van der Waals surface area (Å²) < 4.78 is 5.29. The Kier molecular flexibility index (Phi) is 7.96. The first-order valence-electron chi connectivity index (χ1n) is 12.0. The second kappa shape index (κ2) is 11.1. The van der Waals surface area contributed by atoms with Crippen molar-refractivity contribution >= 4 is 51.5 Å². The number of pyridine rings is 1. The molecule has 2 N–H and O–H groups in total. The van der Waals surface area contributed by atoms with Gasteiger partial charge in [0.1, 0.15) is 11.6 Å². The molecule has 1 fully saturated rings. The highest BCUT2D eigenvalue weighted by molar-refractivity contribution is 6.31. The van der Waals surface area contributed by atoms with Crippen molar-refractivity contribution in [1.29, 1.82) is 0 Å². The molecule has 190 valence electrons. The fraction of sp³-hybridized carbons (Fsp3) is 0.370. The predicted molar refractivity (Wildman–Crippen MR) is 145 cm³/mol. The minimum atomic E-state index is -0.278. The Morgan fingerprint density at radius 3 is 2.36 bits per heavy atom. The quantitative estimate of drug-likeness (QED) is 0.483. The van der Waals surface area contributed by atoms with Gasteiger partial charge in [0, 0.05) is 61.2 Å². The third kappa shape index (κ3) is 6.06. The average molecular weight is 510 g/mol. The van der Waals surface area contributed by atoms with Gasteiger partial charge in [-0.1, -0.05) is 11.6 Å². The number of nitrogens with one attached hydrogen (secondary N) is 2. The Labute approximate surface area is 216 Å². The predicted octanol–water partition coefficient (Wildman–Crippen LogP) is 4.62. The minimum Gasteiger partial charge on any atom is -0.495 e. The van der Waals surface area contributed by atoms with Crippen molar-refractivity contribution in [2.75, 3.05) is 55.9 Å². The lowest BCUT2D eigenvalue weighted by atomic mass is 10.1. The van der Waals surface area contributed by atoms with Crippen molar-refractivity contribution in [2.45, 2.75) is 26.7 Å². The van der Waals surface area contributed by atoms with Crippen LogP contribution in [0.25, 0.3) is 10.9 Å². The van der Waals surface area contributed by atoms with Gasteiger partial charge in [0.05, 0.1) is 18.3 Å². The van der Waals surface area contributed by atoms with E-state index in [1.807, 2.05) is 25.1 Å². The number of hydrogen-bond acceptors (Lipinski definition) is 6. The largest absolute Gasteiger partial charge is 0.495 e. The van der Waals surface area contributed by atoms with Crippen LogP contribution in [0.2, 0.25) is 5.02 Å². The topological polar surface area (TPSA) is 86.8 Å². The molecule has 0 radical (unpaired) electrons. The summed E-state index contributed by atoms with van der Waals surface area (Å²) in [5.41, 5.74) is 4.03. The molecule has 1 aliphatic heterocycles. The highest BCUT2D eigenvalue weighted by Gasteiger charge is 2.17. The third-order valence-corrected chi connectivity index (χ3v) is 6.85. The number of aryl methyl sites for hydroxylation is 2. The first-order valence-corrected chi connectivity index (χ1v) is 12.4. The second-order valence-electron chi connectivity index (χ2n) is 9.22. The Morgan fingerprint density at radius 2 is 1.67 bits per heavy atom. The molecule has 1 aromatic heterocycles. The van der Waals surface area contributed by atoms with Crippen LogP contribution in [-0.4, -0.2) is 62.0 Å². The number of benzene rings is 2. The van der Waals surface area contributed by atoms with Gasteiger partial charge in [-0.2, -0.15) is 0 Å². The van der Waals surface area contributed by atoms with E-state index in [1.165, 1.54) is 7.11 Å². The maximum Gasteiger partial charge on any atom is 0.224 e. The van der Waals surface area contributed by atoms with E-state index in [2.05, 4.69) is 40.5 Å². The number of nitrogens with zero attached hydrogens (tertiary/aromatic N) is 3.